The van der Waals surface area contributed by atoms with Crippen molar-refractivity contribution >= 4 is 53.5 Å². The van der Waals surface area contributed by atoms with Gasteiger partial charge >= 0.3 is 0 Å². The molecule has 18 rings (SSSR count). The fraction of sp³-hybridized carbons (Fsp3) is 0.417. The SMILES string of the molecule is C(=Cc1ccc(C23CC4CC(CC(C4)C2)C3)cc1)c1ccc(N(c2ccc(C=Cc3ccc(C45CC6CC(CC(C6)C4)C5)cc3)cc2)c2ccc(C=Cc3ccc(C45CC6CC(CC(C6)C4)C5)cc3)cc2)cc1. The number of hydrogen-bond acceptors (Lipinski definition) is 1. The van der Waals surface area contributed by atoms with Gasteiger partial charge in [0, 0.05) is 17.1 Å². The minimum absolute atomic E-state index is 0.451. The standard InChI is InChI=1S/C72H75N/c1(49-7-19-64(20-8-49)70-40-55-31-56(41-70)33-57(32-55)42-70)4-52-13-25-67(26-14-52)73(68-27-15-53(16-28-68)5-2-50-9-21-65(22-10-50)71-43-58-34-59(44-71)36-60(35-58)45-71)69-29-17-54(18-30-69)6-3-51-11-23-66(24-12-51)72-46-61-37-62(47-72)39-63(38-61)48-72/h1-30,55-63H,31-48H2. The zero-order chi connectivity index (χ0) is 48.1. The molecular formula is C72H75N. The molecule has 0 unspecified atom stereocenters. The second-order valence-electron chi connectivity index (χ2n) is 26.6. The lowest BCUT2D eigenvalue weighted by molar-refractivity contribution is -0.00531. The summed E-state index contributed by atoms with van der Waals surface area (Å²) in [5.41, 5.74) is 17.1. The summed E-state index contributed by atoms with van der Waals surface area (Å²) in [6, 6.07) is 56.4. The van der Waals surface area contributed by atoms with Gasteiger partial charge in [-0.3, -0.25) is 0 Å². The van der Waals surface area contributed by atoms with Crippen LogP contribution in [0.2, 0.25) is 0 Å². The zero-order valence-electron chi connectivity index (χ0n) is 43.2. The van der Waals surface area contributed by atoms with E-state index in [0.29, 0.717) is 16.2 Å². The second kappa shape index (κ2) is 17.7. The van der Waals surface area contributed by atoms with Crippen LogP contribution in [0.1, 0.15) is 166 Å². The lowest BCUT2D eigenvalue weighted by atomic mass is 9.48. The summed E-state index contributed by atoms with van der Waals surface area (Å²) >= 11 is 0. The molecule has 6 aromatic carbocycles. The van der Waals surface area contributed by atoms with Crippen LogP contribution in [0.3, 0.4) is 0 Å². The molecule has 12 aliphatic carbocycles. The van der Waals surface area contributed by atoms with Gasteiger partial charge < -0.3 is 4.90 Å². The van der Waals surface area contributed by atoms with E-state index in [1.807, 2.05) is 0 Å². The van der Waals surface area contributed by atoms with Crippen LogP contribution in [0.15, 0.2) is 146 Å². The van der Waals surface area contributed by atoms with Crippen LogP contribution >= 0.6 is 0 Å². The average Bonchev–Trinajstić information content (AvgIpc) is 3.40. The fourth-order valence-corrected chi connectivity index (χ4v) is 19.5. The van der Waals surface area contributed by atoms with E-state index in [0.717, 1.165) is 70.3 Å². The maximum Gasteiger partial charge on any atom is 0.0462 e. The first-order valence-electron chi connectivity index (χ1n) is 29.3. The first-order valence-corrected chi connectivity index (χ1v) is 29.3. The highest BCUT2D eigenvalue weighted by atomic mass is 15.1. The van der Waals surface area contributed by atoms with Crippen molar-refractivity contribution < 1.29 is 0 Å². The Morgan fingerprint density at radius 2 is 0.397 bits per heavy atom. The molecule has 12 fully saturated rings. The Morgan fingerprint density at radius 1 is 0.233 bits per heavy atom. The van der Waals surface area contributed by atoms with Crippen LogP contribution in [0, 0.1) is 53.3 Å². The van der Waals surface area contributed by atoms with Crippen LogP contribution in [-0.4, -0.2) is 0 Å². The van der Waals surface area contributed by atoms with Crippen LogP contribution in [0.25, 0.3) is 36.5 Å². The molecule has 0 saturated heterocycles. The lowest BCUT2D eigenvalue weighted by Crippen LogP contribution is -2.48. The maximum absolute atomic E-state index is 2.47. The van der Waals surface area contributed by atoms with Crippen molar-refractivity contribution in [3.05, 3.63) is 196 Å². The second-order valence-corrected chi connectivity index (χ2v) is 26.6. The van der Waals surface area contributed by atoms with E-state index in [1.54, 1.807) is 16.7 Å². The van der Waals surface area contributed by atoms with E-state index in [9.17, 15) is 0 Å². The monoisotopic (exact) mass is 954 g/mol. The van der Waals surface area contributed by atoms with Crippen molar-refractivity contribution in [1.82, 2.24) is 0 Å². The zero-order valence-corrected chi connectivity index (χ0v) is 43.2. The van der Waals surface area contributed by atoms with Crippen molar-refractivity contribution in [2.24, 2.45) is 53.3 Å². The maximum atomic E-state index is 2.47. The molecule has 0 N–H and O–H groups in total. The van der Waals surface area contributed by atoms with Crippen LogP contribution < -0.4 is 4.90 Å². The quantitative estimate of drug-likeness (QED) is 0.111. The van der Waals surface area contributed by atoms with Gasteiger partial charge in [0.25, 0.3) is 0 Å². The Labute approximate surface area is 436 Å². The molecule has 12 bridgehead atoms. The first-order chi connectivity index (χ1) is 35.8. The summed E-state index contributed by atoms with van der Waals surface area (Å²) in [5.74, 6) is 8.76. The van der Waals surface area contributed by atoms with E-state index in [1.165, 1.54) is 149 Å². The summed E-state index contributed by atoms with van der Waals surface area (Å²) < 4.78 is 0. The van der Waals surface area contributed by atoms with Crippen molar-refractivity contribution in [2.45, 2.75) is 132 Å². The molecule has 0 heterocycles. The fourth-order valence-electron chi connectivity index (χ4n) is 19.5. The number of benzene rings is 6. The highest BCUT2D eigenvalue weighted by molar-refractivity contribution is 5.81. The van der Waals surface area contributed by atoms with Gasteiger partial charge in [-0.1, -0.05) is 146 Å². The number of hydrogen-bond donors (Lipinski definition) is 0. The van der Waals surface area contributed by atoms with E-state index >= 15 is 0 Å². The van der Waals surface area contributed by atoms with Gasteiger partial charge in [-0.05, 0) is 272 Å². The third-order valence-corrected chi connectivity index (χ3v) is 21.5. The van der Waals surface area contributed by atoms with Crippen LogP contribution in [0.5, 0.6) is 0 Å². The third-order valence-electron chi connectivity index (χ3n) is 21.5. The summed E-state index contributed by atoms with van der Waals surface area (Å²) in [7, 11) is 0. The van der Waals surface area contributed by atoms with Crippen molar-refractivity contribution in [1.29, 1.82) is 0 Å². The van der Waals surface area contributed by atoms with Gasteiger partial charge in [0.05, 0.1) is 0 Å². The van der Waals surface area contributed by atoms with Crippen LogP contribution in [-0.2, 0) is 16.2 Å². The molecule has 12 aliphatic rings. The highest BCUT2D eigenvalue weighted by Crippen LogP contribution is 2.63. The minimum atomic E-state index is 0.451. The number of rotatable bonds is 12. The molecule has 6 aromatic rings. The molecule has 0 atom stereocenters. The Hall–Kier alpha value is -5.66. The van der Waals surface area contributed by atoms with Gasteiger partial charge in [0.2, 0.25) is 0 Å². The molecule has 73 heavy (non-hydrogen) atoms. The predicted octanol–water partition coefficient (Wildman–Crippen LogP) is 19.1. The van der Waals surface area contributed by atoms with E-state index in [4.69, 9.17) is 0 Å². The van der Waals surface area contributed by atoms with Gasteiger partial charge in [-0.25, -0.2) is 0 Å². The lowest BCUT2D eigenvalue weighted by Gasteiger charge is -2.57. The predicted molar refractivity (Wildman–Crippen MR) is 307 cm³/mol. The largest absolute Gasteiger partial charge is 0.311 e. The van der Waals surface area contributed by atoms with Crippen molar-refractivity contribution in [2.75, 3.05) is 4.90 Å². The van der Waals surface area contributed by atoms with Gasteiger partial charge in [0.1, 0.15) is 0 Å². The number of anilines is 3. The molecule has 0 spiro atoms. The van der Waals surface area contributed by atoms with Gasteiger partial charge in [-0.2, -0.15) is 0 Å². The first kappa shape index (κ1) is 44.8. The van der Waals surface area contributed by atoms with Gasteiger partial charge in [-0.15, -0.1) is 0 Å². The average molecular weight is 954 g/mol. The smallest absolute Gasteiger partial charge is 0.0462 e. The normalized spacial score (nSPS) is 34.3. The Bertz CT molecular complexity index is 2610. The van der Waals surface area contributed by atoms with Crippen LogP contribution in [0.4, 0.5) is 17.1 Å². The summed E-state index contributed by atoms with van der Waals surface area (Å²) in [6.45, 7) is 0. The molecule has 1 heteroatoms. The summed E-state index contributed by atoms with van der Waals surface area (Å²) in [6.07, 6.45) is 40.0. The summed E-state index contributed by atoms with van der Waals surface area (Å²) in [5, 5.41) is 0. The Kier molecular flexibility index (Phi) is 10.9. The summed E-state index contributed by atoms with van der Waals surface area (Å²) in [4.78, 5) is 2.41. The highest BCUT2D eigenvalue weighted by Gasteiger charge is 2.54. The Balaban J connectivity index is 0.660. The third kappa shape index (κ3) is 8.44. The minimum Gasteiger partial charge on any atom is -0.311 e. The molecule has 368 valence electrons. The molecular weight excluding hydrogens is 879 g/mol. The van der Waals surface area contributed by atoms with E-state index in [-0.39, 0.29) is 0 Å². The molecule has 0 aliphatic heterocycles. The van der Waals surface area contributed by atoms with Gasteiger partial charge in [0.15, 0.2) is 0 Å². The van der Waals surface area contributed by atoms with Crippen molar-refractivity contribution in [3.8, 4) is 0 Å². The van der Waals surface area contributed by atoms with E-state index in [2.05, 4.69) is 187 Å². The number of nitrogens with zero attached hydrogens (tertiary/aromatic N) is 1. The molecule has 12 saturated carbocycles. The Morgan fingerprint density at radius 3 is 0.575 bits per heavy atom. The van der Waals surface area contributed by atoms with Crippen molar-refractivity contribution in [3.63, 3.8) is 0 Å². The molecule has 0 radical (unpaired) electrons. The molecule has 0 amide bonds. The topological polar surface area (TPSA) is 3.24 Å². The molecule has 1 nitrogen and oxygen atoms in total. The molecule has 0 aromatic heterocycles. The van der Waals surface area contributed by atoms with E-state index < -0.39 is 0 Å².